The van der Waals surface area contributed by atoms with E-state index in [1.165, 1.54) is 38.5 Å². The van der Waals surface area contributed by atoms with Crippen LogP contribution in [0.3, 0.4) is 0 Å². The van der Waals surface area contributed by atoms with Gasteiger partial charge in [0.2, 0.25) is 5.95 Å². The molecule has 0 spiro atoms. The number of nitrogens with one attached hydrogen (secondary N) is 2. The van der Waals surface area contributed by atoms with Crippen molar-refractivity contribution in [2.24, 2.45) is 11.8 Å². The Morgan fingerprint density at radius 1 is 1.19 bits per heavy atom. The molecule has 2 fully saturated rings. The molecule has 0 amide bonds. The van der Waals surface area contributed by atoms with Gasteiger partial charge in [-0.3, -0.25) is 10.5 Å². The normalized spacial score (nSPS) is 25.9. The first-order chi connectivity index (χ1) is 10.4. The van der Waals surface area contributed by atoms with Gasteiger partial charge in [0, 0.05) is 12.6 Å². The van der Waals surface area contributed by atoms with Crippen LogP contribution in [0.1, 0.15) is 38.5 Å². The first-order valence-electron chi connectivity index (χ1n) is 7.81. The van der Waals surface area contributed by atoms with Gasteiger partial charge in [0.1, 0.15) is 5.82 Å². The van der Waals surface area contributed by atoms with Crippen LogP contribution in [0, 0.1) is 5.92 Å². The first-order valence-corrected chi connectivity index (χ1v) is 7.81. The Kier molecular flexibility index (Phi) is 3.14. The molecule has 2 unspecified atom stereocenters. The molecule has 0 bridgehead atoms. The van der Waals surface area contributed by atoms with E-state index in [0.29, 0.717) is 12.0 Å². The quantitative estimate of drug-likeness (QED) is 0.576. The molecule has 7 nitrogen and oxygen atoms in total. The number of aromatic amines is 1. The number of H-pyrrole nitrogens is 1. The number of nitrogens with two attached hydrogens (primary N) is 1. The third-order valence-corrected chi connectivity index (χ3v) is 4.93. The number of hydrogen-bond donors (Lipinski definition) is 3. The summed E-state index contributed by atoms with van der Waals surface area (Å²) < 4.78 is 0. The summed E-state index contributed by atoms with van der Waals surface area (Å²) in [5.41, 5.74) is 3.31. The smallest absolute Gasteiger partial charge is 0.241 e. The molecule has 1 saturated carbocycles. The third kappa shape index (κ3) is 2.12. The fourth-order valence-corrected chi connectivity index (χ4v) is 3.99. The predicted molar refractivity (Wildman–Crippen MR) is 81.8 cm³/mol. The summed E-state index contributed by atoms with van der Waals surface area (Å²) in [5.74, 6) is 7.73. The molecule has 112 valence electrons. The fraction of sp³-hybridized carbons (Fsp3) is 0.643. The average molecular weight is 287 g/mol. The summed E-state index contributed by atoms with van der Waals surface area (Å²) in [6.45, 7) is 1.06. The second-order valence-corrected chi connectivity index (χ2v) is 6.09. The zero-order valence-corrected chi connectivity index (χ0v) is 12.0. The molecule has 1 aliphatic carbocycles. The Labute approximate surface area is 123 Å². The number of hydrazine groups is 1. The molecule has 2 aromatic rings. The fourth-order valence-electron chi connectivity index (χ4n) is 3.99. The van der Waals surface area contributed by atoms with Gasteiger partial charge in [0.05, 0.1) is 11.6 Å². The van der Waals surface area contributed by atoms with Crippen molar-refractivity contribution in [1.82, 2.24) is 20.2 Å². The van der Waals surface area contributed by atoms with Crippen molar-refractivity contribution >= 4 is 22.8 Å². The SMILES string of the molecule is NNc1nc(N2CCCC3CCCCC32)c2cn[nH]c2n1. The Hall–Kier alpha value is -1.89. The van der Waals surface area contributed by atoms with Crippen LogP contribution in [0.4, 0.5) is 11.8 Å². The highest BCUT2D eigenvalue weighted by Gasteiger charge is 2.35. The number of anilines is 2. The van der Waals surface area contributed by atoms with Crippen molar-refractivity contribution in [2.75, 3.05) is 16.9 Å². The van der Waals surface area contributed by atoms with E-state index < -0.39 is 0 Å². The summed E-state index contributed by atoms with van der Waals surface area (Å²) in [7, 11) is 0. The summed E-state index contributed by atoms with van der Waals surface area (Å²) in [6.07, 6.45) is 9.70. The van der Waals surface area contributed by atoms with Crippen LogP contribution >= 0.6 is 0 Å². The molecule has 1 saturated heterocycles. The maximum atomic E-state index is 5.51. The van der Waals surface area contributed by atoms with E-state index in [1.54, 1.807) is 0 Å². The highest BCUT2D eigenvalue weighted by atomic mass is 15.3. The Morgan fingerprint density at radius 3 is 2.95 bits per heavy atom. The molecule has 2 aromatic heterocycles. The first kappa shape index (κ1) is 12.8. The van der Waals surface area contributed by atoms with Crippen LogP contribution < -0.4 is 16.2 Å². The van der Waals surface area contributed by atoms with Gasteiger partial charge in [0.25, 0.3) is 0 Å². The molecule has 1 aliphatic heterocycles. The van der Waals surface area contributed by atoms with Gasteiger partial charge >= 0.3 is 0 Å². The van der Waals surface area contributed by atoms with Gasteiger partial charge in [-0.1, -0.05) is 12.8 Å². The second kappa shape index (κ2) is 5.14. The zero-order valence-electron chi connectivity index (χ0n) is 12.0. The molecule has 2 atom stereocenters. The largest absolute Gasteiger partial charge is 0.353 e. The standard InChI is InChI=1S/C14H21N7/c15-19-14-17-12-10(8-16-20-12)13(18-14)21-7-3-5-9-4-1-2-6-11(9)21/h8-9,11H,1-7,15H2,(H2,16,17,18,19,20). The van der Waals surface area contributed by atoms with E-state index in [2.05, 4.69) is 30.5 Å². The maximum absolute atomic E-state index is 5.51. The van der Waals surface area contributed by atoms with Crippen molar-refractivity contribution in [1.29, 1.82) is 0 Å². The lowest BCUT2D eigenvalue weighted by Gasteiger charge is -2.44. The molecular formula is C14H21N7. The molecule has 0 radical (unpaired) electrons. The average Bonchev–Trinajstić information content (AvgIpc) is 3.02. The number of rotatable bonds is 2. The van der Waals surface area contributed by atoms with Gasteiger partial charge < -0.3 is 4.90 Å². The molecular weight excluding hydrogens is 266 g/mol. The minimum atomic E-state index is 0.444. The molecule has 0 aromatic carbocycles. The number of hydrogen-bond acceptors (Lipinski definition) is 6. The molecule has 7 heteroatoms. The van der Waals surface area contributed by atoms with Crippen LogP contribution in [0.5, 0.6) is 0 Å². The second-order valence-electron chi connectivity index (χ2n) is 6.09. The van der Waals surface area contributed by atoms with Crippen molar-refractivity contribution in [3.8, 4) is 0 Å². The van der Waals surface area contributed by atoms with Gasteiger partial charge in [-0.2, -0.15) is 15.1 Å². The van der Waals surface area contributed by atoms with E-state index >= 15 is 0 Å². The minimum Gasteiger partial charge on any atom is -0.353 e. The van der Waals surface area contributed by atoms with E-state index in [1.807, 2.05) is 6.20 Å². The topological polar surface area (TPSA) is 95.7 Å². The molecule has 3 heterocycles. The van der Waals surface area contributed by atoms with Crippen LogP contribution in [-0.2, 0) is 0 Å². The predicted octanol–water partition coefficient (Wildman–Crippen LogP) is 1.80. The van der Waals surface area contributed by atoms with E-state index in [-0.39, 0.29) is 0 Å². The number of nitrogen functional groups attached to an aromatic ring is 1. The Morgan fingerprint density at radius 2 is 2.05 bits per heavy atom. The Balaban J connectivity index is 1.78. The van der Waals surface area contributed by atoms with Gasteiger partial charge in [0.15, 0.2) is 5.65 Å². The van der Waals surface area contributed by atoms with Crippen LogP contribution in [0.2, 0.25) is 0 Å². The molecule has 4 N–H and O–H groups in total. The molecule has 4 rings (SSSR count). The van der Waals surface area contributed by atoms with Gasteiger partial charge in [-0.05, 0) is 31.6 Å². The summed E-state index contributed by atoms with van der Waals surface area (Å²) in [5, 5.41) is 8.02. The minimum absolute atomic E-state index is 0.444. The molecule has 21 heavy (non-hydrogen) atoms. The number of nitrogens with zero attached hydrogens (tertiary/aromatic N) is 4. The lowest BCUT2D eigenvalue weighted by Crippen LogP contribution is -2.47. The lowest BCUT2D eigenvalue weighted by atomic mass is 9.78. The number of piperidine rings is 1. The van der Waals surface area contributed by atoms with Crippen molar-refractivity contribution in [3.63, 3.8) is 0 Å². The highest BCUT2D eigenvalue weighted by Crippen LogP contribution is 2.38. The summed E-state index contributed by atoms with van der Waals surface area (Å²) >= 11 is 0. The maximum Gasteiger partial charge on any atom is 0.241 e. The van der Waals surface area contributed by atoms with Crippen LogP contribution in [0.15, 0.2) is 6.20 Å². The van der Waals surface area contributed by atoms with Crippen LogP contribution in [0.25, 0.3) is 11.0 Å². The van der Waals surface area contributed by atoms with Crippen molar-refractivity contribution in [2.45, 2.75) is 44.6 Å². The lowest BCUT2D eigenvalue weighted by molar-refractivity contribution is 0.243. The monoisotopic (exact) mass is 287 g/mol. The van der Waals surface area contributed by atoms with Gasteiger partial charge in [-0.25, -0.2) is 5.84 Å². The van der Waals surface area contributed by atoms with E-state index in [4.69, 9.17) is 5.84 Å². The summed E-state index contributed by atoms with van der Waals surface area (Å²) in [4.78, 5) is 11.4. The van der Waals surface area contributed by atoms with E-state index in [9.17, 15) is 0 Å². The number of aromatic nitrogens is 4. The van der Waals surface area contributed by atoms with Crippen LogP contribution in [-0.4, -0.2) is 32.8 Å². The van der Waals surface area contributed by atoms with Gasteiger partial charge in [-0.15, -0.1) is 0 Å². The molecule has 2 aliphatic rings. The number of fused-ring (bicyclic) bond motifs is 2. The van der Waals surface area contributed by atoms with Crippen molar-refractivity contribution < 1.29 is 0 Å². The highest BCUT2D eigenvalue weighted by molar-refractivity contribution is 5.87. The summed E-state index contributed by atoms with van der Waals surface area (Å²) in [6, 6.07) is 0.603. The van der Waals surface area contributed by atoms with Crippen molar-refractivity contribution in [3.05, 3.63) is 6.20 Å². The zero-order chi connectivity index (χ0) is 14.2. The Bertz CT molecular complexity index is 635. The third-order valence-electron chi connectivity index (χ3n) is 4.93. The van der Waals surface area contributed by atoms with E-state index in [0.717, 1.165) is 29.3 Å².